The van der Waals surface area contributed by atoms with Crippen LogP contribution in [-0.2, 0) is 9.59 Å². The molecule has 2 unspecified atom stereocenters. The number of hydrogen-bond acceptors (Lipinski definition) is 6. The molecular weight excluding hydrogens is 467 g/mol. The van der Waals surface area contributed by atoms with Crippen molar-refractivity contribution in [3.05, 3.63) is 28.2 Å². The summed E-state index contributed by atoms with van der Waals surface area (Å²) in [5, 5.41) is 30.2. The van der Waals surface area contributed by atoms with E-state index >= 15 is 0 Å². The maximum absolute atomic E-state index is 12.9. The van der Waals surface area contributed by atoms with Crippen LogP contribution in [0, 0.1) is 17.2 Å². The molecule has 3 aliphatic carbocycles. The maximum atomic E-state index is 12.9. The Morgan fingerprint density at radius 3 is 2.64 bits per heavy atom. The first-order chi connectivity index (χ1) is 15.7. The molecule has 8 nitrogen and oxygen atoms in total. The molecule has 3 saturated carbocycles. The maximum Gasteiger partial charge on any atom is 0.258 e. The third-order valence-corrected chi connectivity index (χ3v) is 8.00. The lowest BCUT2D eigenvalue weighted by molar-refractivity contribution is -0.137. The minimum absolute atomic E-state index is 0.114. The smallest absolute Gasteiger partial charge is 0.258 e. The number of nitrogens with zero attached hydrogens (tertiary/aromatic N) is 1. The van der Waals surface area contributed by atoms with Crippen LogP contribution in [0.4, 0.5) is 0 Å². The first kappa shape index (κ1) is 24.1. The zero-order valence-electron chi connectivity index (χ0n) is 18.2. The molecular formula is C23H28Cl2N4O4. The minimum Gasteiger partial charge on any atom is -0.484 e. The van der Waals surface area contributed by atoms with Gasteiger partial charge in [0, 0.05) is 17.5 Å². The molecule has 0 radical (unpaired) electrons. The Bertz CT molecular complexity index is 958. The van der Waals surface area contributed by atoms with Crippen molar-refractivity contribution in [1.29, 1.82) is 5.26 Å². The first-order valence-electron chi connectivity index (χ1n) is 11.3. The topological polar surface area (TPSA) is 123 Å². The summed E-state index contributed by atoms with van der Waals surface area (Å²) in [5.74, 6) is -0.124. The van der Waals surface area contributed by atoms with Gasteiger partial charge in [0.2, 0.25) is 5.91 Å². The normalized spacial score (nSPS) is 33.1. The van der Waals surface area contributed by atoms with Gasteiger partial charge < -0.3 is 25.8 Å². The molecule has 1 aromatic carbocycles. The van der Waals surface area contributed by atoms with E-state index < -0.39 is 17.2 Å². The number of carbonyl (C=O) groups excluding carboxylic acids is 2. The summed E-state index contributed by atoms with van der Waals surface area (Å²) >= 11 is 11.9. The monoisotopic (exact) mass is 494 g/mol. The molecule has 4 N–H and O–H groups in total. The van der Waals surface area contributed by atoms with Crippen molar-refractivity contribution in [3.8, 4) is 11.8 Å². The van der Waals surface area contributed by atoms with Crippen LogP contribution in [0.5, 0.6) is 5.75 Å². The van der Waals surface area contributed by atoms with Gasteiger partial charge >= 0.3 is 0 Å². The van der Waals surface area contributed by atoms with Gasteiger partial charge in [0.25, 0.3) is 5.91 Å². The van der Waals surface area contributed by atoms with Crippen LogP contribution >= 0.6 is 23.2 Å². The van der Waals surface area contributed by atoms with Gasteiger partial charge in [0.1, 0.15) is 5.75 Å². The zero-order chi connectivity index (χ0) is 23.6. The van der Waals surface area contributed by atoms with Gasteiger partial charge in [-0.3, -0.25) is 9.59 Å². The van der Waals surface area contributed by atoms with E-state index in [-0.39, 0.29) is 30.4 Å². The second-order valence-corrected chi connectivity index (χ2v) is 10.2. The SMILES string of the molecule is N#CC1CCNC(C(=O)NC23CCC(NC(=O)COc4ccc(Cl)c(Cl)c4)(CC2)[C@@H](O)C3)C1. The molecule has 33 heavy (non-hydrogen) atoms. The van der Waals surface area contributed by atoms with Crippen LogP contribution in [0.25, 0.3) is 0 Å². The highest BCUT2D eigenvalue weighted by molar-refractivity contribution is 6.42. The second kappa shape index (κ2) is 9.67. The van der Waals surface area contributed by atoms with Gasteiger partial charge in [-0.05, 0) is 63.6 Å². The van der Waals surface area contributed by atoms with Crippen molar-refractivity contribution in [1.82, 2.24) is 16.0 Å². The number of benzene rings is 1. The van der Waals surface area contributed by atoms with E-state index in [9.17, 15) is 20.0 Å². The minimum atomic E-state index is -0.777. The highest BCUT2D eigenvalue weighted by Crippen LogP contribution is 2.47. The van der Waals surface area contributed by atoms with E-state index in [4.69, 9.17) is 27.9 Å². The molecule has 1 aliphatic heterocycles. The standard InChI is InChI=1S/C23H28Cl2N4O4/c24-16-2-1-15(10-17(16)25)33-13-20(31)28-23-6-4-22(5-7-23,11-19(23)30)29-21(32)18-9-14(12-26)3-8-27-18/h1-2,10,14,18-19,27,30H,3-9,11,13H2,(H,28,31)(H,29,32)/t14?,18?,19-,22?,23?/m0/s1. The van der Waals surface area contributed by atoms with Crippen LogP contribution in [-0.4, -0.2) is 53.3 Å². The van der Waals surface area contributed by atoms with Gasteiger partial charge in [-0.25, -0.2) is 0 Å². The quantitative estimate of drug-likeness (QED) is 0.481. The molecule has 4 aliphatic rings. The Balaban J connectivity index is 1.31. The van der Waals surface area contributed by atoms with Crippen LogP contribution in [0.3, 0.4) is 0 Å². The highest BCUT2D eigenvalue weighted by Gasteiger charge is 2.55. The lowest BCUT2D eigenvalue weighted by Gasteiger charge is -2.56. The fraction of sp³-hybridized carbons (Fsp3) is 0.609. The van der Waals surface area contributed by atoms with Crippen molar-refractivity contribution in [2.75, 3.05) is 13.2 Å². The number of nitriles is 1. The molecule has 5 rings (SSSR count). The summed E-state index contributed by atoms with van der Waals surface area (Å²) in [7, 11) is 0. The Kier molecular flexibility index (Phi) is 7.06. The van der Waals surface area contributed by atoms with Crippen molar-refractivity contribution >= 4 is 35.0 Å². The van der Waals surface area contributed by atoms with Crippen LogP contribution in [0.1, 0.15) is 44.9 Å². The van der Waals surface area contributed by atoms with Crippen molar-refractivity contribution < 1.29 is 19.4 Å². The second-order valence-electron chi connectivity index (χ2n) is 9.42. The molecule has 3 atom stereocenters. The van der Waals surface area contributed by atoms with E-state index in [2.05, 4.69) is 22.0 Å². The Labute approximate surface area is 202 Å². The first-order valence-corrected chi connectivity index (χ1v) is 12.0. The van der Waals surface area contributed by atoms with Crippen molar-refractivity contribution in [3.63, 3.8) is 0 Å². The van der Waals surface area contributed by atoms with Crippen molar-refractivity contribution in [2.45, 2.75) is 68.2 Å². The molecule has 0 spiro atoms. The Morgan fingerprint density at radius 1 is 1.21 bits per heavy atom. The number of hydrogen-bond donors (Lipinski definition) is 4. The third kappa shape index (κ3) is 5.22. The summed E-state index contributed by atoms with van der Waals surface area (Å²) in [4.78, 5) is 25.4. The Hall–Kier alpha value is -2.05. The fourth-order valence-electron chi connectivity index (χ4n) is 5.27. The average Bonchev–Trinajstić information content (AvgIpc) is 2.81. The number of piperidine rings is 1. The number of carbonyl (C=O) groups is 2. The molecule has 1 aromatic rings. The average molecular weight is 495 g/mol. The molecule has 1 heterocycles. The number of ether oxygens (including phenoxy) is 1. The number of amides is 2. The van der Waals surface area contributed by atoms with Crippen LogP contribution < -0.4 is 20.7 Å². The molecule has 0 aromatic heterocycles. The number of aliphatic hydroxyl groups excluding tert-OH is 1. The summed E-state index contributed by atoms with van der Waals surface area (Å²) in [5.41, 5.74) is -1.21. The highest BCUT2D eigenvalue weighted by atomic mass is 35.5. The van der Waals surface area contributed by atoms with Gasteiger partial charge in [0.05, 0.1) is 33.8 Å². The Morgan fingerprint density at radius 2 is 1.97 bits per heavy atom. The summed E-state index contributed by atoms with van der Waals surface area (Å²) in [6.07, 6.45) is 3.30. The number of rotatable bonds is 6. The third-order valence-electron chi connectivity index (χ3n) is 7.26. The van der Waals surface area contributed by atoms with E-state index in [0.717, 1.165) is 6.42 Å². The van der Waals surface area contributed by atoms with E-state index in [1.54, 1.807) is 18.2 Å². The summed E-state index contributed by atoms with van der Waals surface area (Å²) < 4.78 is 5.52. The predicted octanol–water partition coefficient (Wildman–Crippen LogP) is 2.31. The molecule has 10 heteroatoms. The van der Waals surface area contributed by atoms with Gasteiger partial charge in [-0.1, -0.05) is 23.2 Å². The lowest BCUT2D eigenvalue weighted by atomic mass is 9.59. The molecule has 1 saturated heterocycles. The molecule has 2 amide bonds. The summed E-state index contributed by atoms with van der Waals surface area (Å²) in [6, 6.07) is 6.64. The van der Waals surface area contributed by atoms with E-state index in [1.807, 2.05) is 0 Å². The fourth-order valence-corrected chi connectivity index (χ4v) is 5.56. The molecule has 178 valence electrons. The largest absolute Gasteiger partial charge is 0.484 e. The van der Waals surface area contributed by atoms with E-state index in [0.29, 0.717) is 60.9 Å². The van der Waals surface area contributed by atoms with E-state index in [1.165, 1.54) is 0 Å². The summed E-state index contributed by atoms with van der Waals surface area (Å²) in [6.45, 7) is 0.438. The predicted molar refractivity (Wildman–Crippen MR) is 123 cm³/mol. The van der Waals surface area contributed by atoms with Crippen LogP contribution in [0.15, 0.2) is 18.2 Å². The van der Waals surface area contributed by atoms with Crippen LogP contribution in [0.2, 0.25) is 10.0 Å². The number of fused-ring (bicyclic) bond motifs is 3. The zero-order valence-corrected chi connectivity index (χ0v) is 19.7. The molecule has 4 fully saturated rings. The van der Waals surface area contributed by atoms with Crippen molar-refractivity contribution in [2.24, 2.45) is 5.92 Å². The van der Waals surface area contributed by atoms with Gasteiger partial charge in [0.15, 0.2) is 6.61 Å². The number of aliphatic hydroxyl groups is 1. The number of halogens is 2. The van der Waals surface area contributed by atoms with Gasteiger partial charge in [-0.2, -0.15) is 5.26 Å². The number of nitrogens with one attached hydrogen (secondary N) is 3. The van der Waals surface area contributed by atoms with Gasteiger partial charge in [-0.15, -0.1) is 0 Å². The molecule has 2 bridgehead atoms. The lowest BCUT2D eigenvalue weighted by Crippen LogP contribution is -2.71.